The smallest absolute Gasteiger partial charge is 0.308 e. The number of likely N-dealkylation sites (tertiary alicyclic amines) is 1. The van der Waals surface area contributed by atoms with Gasteiger partial charge in [0, 0.05) is 31.1 Å². The van der Waals surface area contributed by atoms with E-state index in [0.717, 1.165) is 44.7 Å². The molecule has 0 aliphatic carbocycles. The second-order valence-corrected chi connectivity index (χ2v) is 11.1. The molecule has 0 saturated carbocycles. The van der Waals surface area contributed by atoms with Crippen LogP contribution >= 0.6 is 23.2 Å². The van der Waals surface area contributed by atoms with Crippen molar-refractivity contribution in [3.05, 3.63) is 62.6 Å². The van der Waals surface area contributed by atoms with Gasteiger partial charge in [-0.3, -0.25) is 9.69 Å². The number of methoxy groups -OCH3 is 1. The van der Waals surface area contributed by atoms with Crippen molar-refractivity contribution in [2.24, 2.45) is 5.92 Å². The number of halogens is 2. The summed E-state index contributed by atoms with van der Waals surface area (Å²) in [6.07, 6.45) is 1.69. The molecule has 2 saturated heterocycles. The van der Waals surface area contributed by atoms with Crippen molar-refractivity contribution in [1.29, 1.82) is 0 Å². The molecule has 4 nitrogen and oxygen atoms in total. The van der Waals surface area contributed by atoms with E-state index in [0.29, 0.717) is 16.0 Å². The number of carbonyl (C=O) groups excluding carboxylic acids is 1. The second kappa shape index (κ2) is 9.48. The quantitative estimate of drug-likeness (QED) is 0.457. The minimum atomic E-state index is -0.0768. The van der Waals surface area contributed by atoms with E-state index in [9.17, 15) is 4.79 Å². The highest BCUT2D eigenvalue weighted by atomic mass is 35.5. The second-order valence-electron chi connectivity index (χ2n) is 10.3. The number of para-hydroxylation sites is 1. The van der Waals surface area contributed by atoms with Crippen molar-refractivity contribution in [1.82, 2.24) is 4.90 Å². The summed E-state index contributed by atoms with van der Waals surface area (Å²) < 4.78 is 5.00. The summed E-state index contributed by atoms with van der Waals surface area (Å²) in [7, 11) is 1.49. The summed E-state index contributed by atoms with van der Waals surface area (Å²) in [5.41, 5.74) is 6.36. The number of nitrogens with zero attached hydrogens (tertiary/aromatic N) is 2. The molecule has 1 unspecified atom stereocenters. The van der Waals surface area contributed by atoms with Gasteiger partial charge in [-0.2, -0.15) is 0 Å². The molecule has 0 aromatic heterocycles. The number of esters is 1. The molecular weight excluding hydrogens is 455 g/mol. The van der Waals surface area contributed by atoms with Crippen LogP contribution in [0.15, 0.2) is 30.3 Å². The van der Waals surface area contributed by atoms with Crippen molar-refractivity contribution in [2.75, 3.05) is 31.6 Å². The van der Waals surface area contributed by atoms with E-state index in [1.807, 2.05) is 18.2 Å². The lowest BCUT2D eigenvalue weighted by atomic mass is 9.81. The van der Waals surface area contributed by atoms with Crippen LogP contribution in [-0.2, 0) is 16.1 Å². The first-order valence-electron chi connectivity index (χ1n) is 11.7. The number of hydrogen-bond donors (Lipinski definition) is 0. The molecule has 0 N–H and O–H groups in total. The van der Waals surface area contributed by atoms with Gasteiger partial charge in [-0.15, -0.1) is 0 Å². The van der Waals surface area contributed by atoms with Crippen LogP contribution in [0.2, 0.25) is 10.0 Å². The summed E-state index contributed by atoms with van der Waals surface area (Å²) in [5.74, 6) is 0.405. The molecule has 2 heterocycles. The number of aryl methyl sites for hydroxylation is 2. The van der Waals surface area contributed by atoms with Crippen LogP contribution in [0.4, 0.5) is 5.69 Å². The highest BCUT2D eigenvalue weighted by Crippen LogP contribution is 2.41. The third kappa shape index (κ3) is 4.89. The first kappa shape index (κ1) is 24.4. The van der Waals surface area contributed by atoms with Crippen molar-refractivity contribution in [2.45, 2.75) is 58.5 Å². The predicted octanol–water partition coefficient (Wildman–Crippen LogP) is 6.38. The molecule has 0 amide bonds. The highest BCUT2D eigenvalue weighted by Gasteiger charge is 2.38. The Morgan fingerprint density at radius 3 is 2.27 bits per heavy atom. The predicted molar refractivity (Wildman–Crippen MR) is 137 cm³/mol. The van der Waals surface area contributed by atoms with Gasteiger partial charge in [0.05, 0.1) is 28.8 Å². The van der Waals surface area contributed by atoms with Crippen LogP contribution in [0.1, 0.15) is 54.9 Å². The molecule has 0 radical (unpaired) electrons. The van der Waals surface area contributed by atoms with Crippen LogP contribution in [0.3, 0.4) is 0 Å². The van der Waals surface area contributed by atoms with Gasteiger partial charge >= 0.3 is 5.97 Å². The van der Waals surface area contributed by atoms with Crippen LogP contribution in [-0.4, -0.2) is 43.2 Å². The van der Waals surface area contributed by atoms with E-state index >= 15 is 0 Å². The third-order valence-electron chi connectivity index (χ3n) is 7.56. The molecule has 6 heteroatoms. The molecule has 33 heavy (non-hydrogen) atoms. The van der Waals surface area contributed by atoms with E-state index in [2.05, 4.69) is 49.6 Å². The topological polar surface area (TPSA) is 32.8 Å². The van der Waals surface area contributed by atoms with Gasteiger partial charge < -0.3 is 9.64 Å². The number of anilines is 1. The zero-order valence-electron chi connectivity index (χ0n) is 20.3. The number of hydrogen-bond acceptors (Lipinski definition) is 4. The average Bonchev–Trinajstić information content (AvgIpc) is 2.71. The minimum absolute atomic E-state index is 0.000923. The summed E-state index contributed by atoms with van der Waals surface area (Å²) in [6, 6.07) is 10.4. The van der Waals surface area contributed by atoms with E-state index in [4.69, 9.17) is 27.9 Å². The van der Waals surface area contributed by atoms with Crippen molar-refractivity contribution in [3.63, 3.8) is 0 Å². The first-order chi connectivity index (χ1) is 15.6. The maximum absolute atomic E-state index is 12.1. The maximum Gasteiger partial charge on any atom is 0.308 e. The summed E-state index contributed by atoms with van der Waals surface area (Å²) in [4.78, 5) is 16.8. The van der Waals surface area contributed by atoms with E-state index in [-0.39, 0.29) is 17.4 Å². The molecule has 1 atom stereocenters. The fourth-order valence-electron chi connectivity index (χ4n) is 5.48. The van der Waals surface area contributed by atoms with E-state index < -0.39 is 0 Å². The summed E-state index contributed by atoms with van der Waals surface area (Å²) >= 11 is 12.8. The Morgan fingerprint density at radius 1 is 1.12 bits per heavy atom. The Morgan fingerprint density at radius 2 is 1.73 bits per heavy atom. The third-order valence-corrected chi connectivity index (χ3v) is 8.17. The van der Waals surface area contributed by atoms with Gasteiger partial charge in [0.1, 0.15) is 0 Å². The molecule has 2 fully saturated rings. The molecule has 2 aliphatic heterocycles. The Bertz CT molecular complexity index is 1000. The lowest BCUT2D eigenvalue weighted by molar-refractivity contribution is -0.149. The summed E-state index contributed by atoms with van der Waals surface area (Å²) in [6.45, 7) is 12.6. The van der Waals surface area contributed by atoms with Crippen LogP contribution < -0.4 is 4.90 Å². The molecule has 0 bridgehead atoms. The average molecular weight is 489 g/mol. The van der Waals surface area contributed by atoms with Gasteiger partial charge in [-0.05, 0) is 81.5 Å². The molecule has 2 aromatic rings. The van der Waals surface area contributed by atoms with Gasteiger partial charge in [0.25, 0.3) is 0 Å². The molecule has 2 aliphatic rings. The summed E-state index contributed by atoms with van der Waals surface area (Å²) in [5, 5.41) is 1.42. The van der Waals surface area contributed by atoms with Gasteiger partial charge in [-0.1, -0.05) is 41.4 Å². The molecule has 178 valence electrons. The largest absolute Gasteiger partial charge is 0.469 e. The lowest BCUT2D eigenvalue weighted by Gasteiger charge is -2.45. The fourth-order valence-corrected chi connectivity index (χ4v) is 6.11. The van der Waals surface area contributed by atoms with Crippen molar-refractivity contribution in [3.8, 4) is 0 Å². The minimum Gasteiger partial charge on any atom is -0.469 e. The van der Waals surface area contributed by atoms with Crippen LogP contribution in [0.25, 0.3) is 0 Å². The highest BCUT2D eigenvalue weighted by molar-refractivity contribution is 6.39. The van der Waals surface area contributed by atoms with Crippen molar-refractivity contribution < 1.29 is 9.53 Å². The van der Waals surface area contributed by atoms with Crippen LogP contribution in [0.5, 0.6) is 0 Å². The number of piperidine rings is 1. The normalized spacial score (nSPS) is 21.1. The lowest BCUT2D eigenvalue weighted by Crippen LogP contribution is -2.51. The zero-order valence-corrected chi connectivity index (χ0v) is 21.8. The molecular formula is C27H34Cl2N2O2. The Kier molecular flexibility index (Phi) is 7.00. The van der Waals surface area contributed by atoms with E-state index in [1.165, 1.54) is 29.4 Å². The van der Waals surface area contributed by atoms with Gasteiger partial charge in [0.2, 0.25) is 0 Å². The Hall–Kier alpha value is -1.75. The number of benzene rings is 2. The fraction of sp³-hybridized carbons (Fsp3) is 0.519. The maximum atomic E-state index is 12.1. The standard InChI is InChI=1S/C27H34Cl2N2O2/c1-17-11-20(21-14-30(15-21)25-23(28)7-6-8-24(25)29)12-18(2)22(17)16-31-10-9-19(26(32)33-5)13-27(31,3)4/h6-8,11-12,19,21H,9-10,13-16H2,1-5H3. The number of carbonyl (C=O) groups is 1. The number of rotatable bonds is 5. The van der Waals surface area contributed by atoms with E-state index in [1.54, 1.807) is 0 Å². The van der Waals surface area contributed by atoms with Crippen molar-refractivity contribution >= 4 is 34.9 Å². The Balaban J connectivity index is 1.45. The Labute approximate surface area is 207 Å². The molecule has 0 spiro atoms. The zero-order chi connectivity index (χ0) is 23.9. The van der Waals surface area contributed by atoms with Gasteiger partial charge in [0.15, 0.2) is 0 Å². The monoisotopic (exact) mass is 488 g/mol. The molecule has 2 aromatic carbocycles. The van der Waals surface area contributed by atoms with Crippen LogP contribution in [0, 0.1) is 19.8 Å². The molecule has 4 rings (SSSR count). The number of ether oxygens (including phenoxy) is 1. The first-order valence-corrected chi connectivity index (χ1v) is 12.5. The SMILES string of the molecule is COC(=O)C1CCN(Cc2c(C)cc(C3CN(c4c(Cl)cccc4Cl)C3)cc2C)C(C)(C)C1. The van der Waals surface area contributed by atoms with Gasteiger partial charge in [-0.25, -0.2) is 0 Å².